The summed E-state index contributed by atoms with van der Waals surface area (Å²) in [5.74, 6) is 1.29. The molecule has 0 saturated carbocycles. The first-order chi connectivity index (χ1) is 10.2. The van der Waals surface area contributed by atoms with E-state index in [1.165, 1.54) is 10.9 Å². The molecular formula is C13H13N5O3. The van der Waals surface area contributed by atoms with Crippen molar-refractivity contribution in [2.75, 3.05) is 14.2 Å². The van der Waals surface area contributed by atoms with Crippen LogP contribution in [0, 0.1) is 0 Å². The highest BCUT2D eigenvalue weighted by atomic mass is 16.5. The number of hydrogen-bond donors (Lipinski definition) is 1. The second-order valence-corrected chi connectivity index (χ2v) is 4.40. The maximum Gasteiger partial charge on any atom is 0.295 e. The summed E-state index contributed by atoms with van der Waals surface area (Å²) in [5.41, 5.74) is 1.32. The topological polar surface area (TPSA) is 94.9 Å². The van der Waals surface area contributed by atoms with Crippen molar-refractivity contribution in [2.45, 2.75) is 6.54 Å². The van der Waals surface area contributed by atoms with Crippen molar-refractivity contribution in [3.05, 3.63) is 40.3 Å². The van der Waals surface area contributed by atoms with Crippen LogP contribution < -0.4 is 15.0 Å². The summed E-state index contributed by atoms with van der Waals surface area (Å²) in [7, 11) is 3.14. The van der Waals surface area contributed by atoms with Gasteiger partial charge in [-0.25, -0.2) is 4.68 Å². The average Bonchev–Trinajstić information content (AvgIpc) is 2.99. The van der Waals surface area contributed by atoms with E-state index in [2.05, 4.69) is 20.5 Å². The van der Waals surface area contributed by atoms with Gasteiger partial charge in [-0.3, -0.25) is 9.89 Å². The molecule has 1 N–H and O–H groups in total. The van der Waals surface area contributed by atoms with E-state index >= 15 is 0 Å². The highest BCUT2D eigenvalue weighted by molar-refractivity contribution is 5.70. The zero-order chi connectivity index (χ0) is 14.8. The number of aromatic amines is 1. The third-order valence-electron chi connectivity index (χ3n) is 3.07. The standard InChI is InChI=1S/C13H13N5O3/c1-20-9-3-8(4-10(5-9)21-2)7-18-13(19)12-11(15-17-18)6-14-16-12/h3-6H,7H2,1-2H3,(H,14,16). The Kier molecular flexibility index (Phi) is 3.27. The molecule has 0 spiro atoms. The van der Waals surface area contributed by atoms with Gasteiger partial charge in [0.2, 0.25) is 0 Å². The molecule has 0 aliphatic carbocycles. The van der Waals surface area contributed by atoms with Gasteiger partial charge in [-0.15, -0.1) is 5.10 Å². The second-order valence-electron chi connectivity index (χ2n) is 4.40. The Hall–Kier alpha value is -2.90. The first-order valence-corrected chi connectivity index (χ1v) is 6.20. The fourth-order valence-electron chi connectivity index (χ4n) is 2.02. The molecule has 2 aromatic heterocycles. The number of rotatable bonds is 4. The van der Waals surface area contributed by atoms with Gasteiger partial charge in [0.1, 0.15) is 17.0 Å². The van der Waals surface area contributed by atoms with Crippen LogP contribution in [-0.4, -0.2) is 39.4 Å². The minimum Gasteiger partial charge on any atom is -0.497 e. The Morgan fingerprint density at radius 1 is 1.19 bits per heavy atom. The van der Waals surface area contributed by atoms with Crippen molar-refractivity contribution < 1.29 is 9.47 Å². The van der Waals surface area contributed by atoms with Crippen LogP contribution in [0.3, 0.4) is 0 Å². The lowest BCUT2D eigenvalue weighted by molar-refractivity contribution is 0.393. The number of benzene rings is 1. The van der Waals surface area contributed by atoms with Crippen LogP contribution in [0.1, 0.15) is 5.56 Å². The van der Waals surface area contributed by atoms with Crippen LogP contribution in [0.25, 0.3) is 11.0 Å². The molecule has 3 aromatic rings. The van der Waals surface area contributed by atoms with Crippen molar-refractivity contribution in [1.29, 1.82) is 0 Å². The van der Waals surface area contributed by atoms with Crippen LogP contribution in [-0.2, 0) is 6.54 Å². The SMILES string of the molecule is COc1cc(Cn2nnc3cn[nH]c3c2=O)cc(OC)c1. The van der Waals surface area contributed by atoms with Gasteiger partial charge in [0.25, 0.3) is 5.56 Å². The Morgan fingerprint density at radius 2 is 1.90 bits per heavy atom. The smallest absolute Gasteiger partial charge is 0.295 e. The zero-order valence-corrected chi connectivity index (χ0v) is 11.5. The van der Waals surface area contributed by atoms with E-state index in [4.69, 9.17) is 9.47 Å². The van der Waals surface area contributed by atoms with E-state index in [9.17, 15) is 4.79 Å². The Labute approximate surface area is 119 Å². The largest absolute Gasteiger partial charge is 0.497 e. The summed E-state index contributed by atoms with van der Waals surface area (Å²) >= 11 is 0. The lowest BCUT2D eigenvalue weighted by Gasteiger charge is -2.09. The van der Waals surface area contributed by atoms with Crippen LogP contribution in [0.15, 0.2) is 29.2 Å². The average molecular weight is 287 g/mol. The third kappa shape index (κ3) is 2.42. The Bertz CT molecular complexity index is 817. The molecule has 0 aliphatic rings. The van der Waals surface area contributed by atoms with Crippen LogP contribution in [0.4, 0.5) is 0 Å². The van der Waals surface area contributed by atoms with E-state index < -0.39 is 0 Å². The first-order valence-electron chi connectivity index (χ1n) is 6.20. The molecule has 21 heavy (non-hydrogen) atoms. The Morgan fingerprint density at radius 3 is 2.57 bits per heavy atom. The predicted molar refractivity (Wildman–Crippen MR) is 74.6 cm³/mol. The van der Waals surface area contributed by atoms with Crippen molar-refractivity contribution >= 4 is 11.0 Å². The molecular weight excluding hydrogens is 274 g/mol. The number of methoxy groups -OCH3 is 2. The summed E-state index contributed by atoms with van der Waals surface area (Å²) in [6.45, 7) is 0.258. The molecule has 1 aromatic carbocycles. The molecule has 0 radical (unpaired) electrons. The maximum atomic E-state index is 12.2. The first kappa shape index (κ1) is 13.1. The summed E-state index contributed by atoms with van der Waals surface area (Å²) < 4.78 is 11.7. The van der Waals surface area contributed by atoms with E-state index in [0.29, 0.717) is 22.5 Å². The molecule has 8 nitrogen and oxygen atoms in total. The predicted octanol–water partition coefficient (Wildman–Crippen LogP) is 0.580. The molecule has 0 aliphatic heterocycles. The van der Waals surface area contributed by atoms with E-state index in [1.54, 1.807) is 20.3 Å². The van der Waals surface area contributed by atoms with Gasteiger partial charge in [-0.05, 0) is 17.7 Å². The number of ether oxygens (including phenoxy) is 2. The lowest BCUT2D eigenvalue weighted by Crippen LogP contribution is -2.24. The quantitative estimate of drug-likeness (QED) is 0.754. The van der Waals surface area contributed by atoms with Gasteiger partial charge in [-0.2, -0.15) is 5.10 Å². The number of fused-ring (bicyclic) bond motifs is 1. The third-order valence-corrected chi connectivity index (χ3v) is 3.07. The van der Waals surface area contributed by atoms with E-state index in [1.807, 2.05) is 12.1 Å². The number of aromatic nitrogens is 5. The summed E-state index contributed by atoms with van der Waals surface area (Å²) in [4.78, 5) is 12.2. The fourth-order valence-corrected chi connectivity index (χ4v) is 2.02. The fraction of sp³-hybridized carbons (Fsp3) is 0.231. The molecule has 0 atom stereocenters. The van der Waals surface area contributed by atoms with Crippen LogP contribution in [0.5, 0.6) is 11.5 Å². The Balaban J connectivity index is 2.01. The van der Waals surface area contributed by atoms with Gasteiger partial charge in [0.05, 0.1) is 27.0 Å². The van der Waals surface area contributed by atoms with Crippen molar-refractivity contribution in [3.63, 3.8) is 0 Å². The maximum absolute atomic E-state index is 12.2. The van der Waals surface area contributed by atoms with Gasteiger partial charge in [0, 0.05) is 6.07 Å². The highest BCUT2D eigenvalue weighted by Crippen LogP contribution is 2.22. The monoisotopic (exact) mass is 287 g/mol. The summed E-state index contributed by atoms with van der Waals surface area (Å²) in [6, 6.07) is 5.39. The molecule has 2 heterocycles. The van der Waals surface area contributed by atoms with Crippen molar-refractivity contribution in [3.8, 4) is 11.5 Å². The number of nitrogens with zero attached hydrogens (tertiary/aromatic N) is 4. The lowest BCUT2D eigenvalue weighted by atomic mass is 10.2. The molecule has 108 valence electrons. The number of hydrogen-bond acceptors (Lipinski definition) is 6. The van der Waals surface area contributed by atoms with E-state index in [-0.39, 0.29) is 12.1 Å². The summed E-state index contributed by atoms with van der Waals surface area (Å²) in [6.07, 6.45) is 1.46. The highest BCUT2D eigenvalue weighted by Gasteiger charge is 2.09. The van der Waals surface area contributed by atoms with Crippen LogP contribution >= 0.6 is 0 Å². The molecule has 0 unspecified atom stereocenters. The normalized spacial score (nSPS) is 10.8. The molecule has 0 saturated heterocycles. The zero-order valence-electron chi connectivity index (χ0n) is 11.5. The summed E-state index contributed by atoms with van der Waals surface area (Å²) in [5, 5.41) is 14.2. The minimum atomic E-state index is -0.278. The van der Waals surface area contributed by atoms with E-state index in [0.717, 1.165) is 5.56 Å². The van der Waals surface area contributed by atoms with Gasteiger partial charge >= 0.3 is 0 Å². The molecule has 3 rings (SSSR count). The molecule has 8 heteroatoms. The van der Waals surface area contributed by atoms with Crippen molar-refractivity contribution in [2.24, 2.45) is 0 Å². The minimum absolute atomic E-state index is 0.258. The molecule has 0 bridgehead atoms. The van der Waals surface area contributed by atoms with Gasteiger partial charge in [0.15, 0.2) is 5.52 Å². The van der Waals surface area contributed by atoms with Crippen LogP contribution in [0.2, 0.25) is 0 Å². The second kappa shape index (κ2) is 5.23. The molecule has 0 fully saturated rings. The number of H-pyrrole nitrogens is 1. The number of nitrogens with one attached hydrogen (secondary N) is 1. The van der Waals surface area contributed by atoms with Crippen molar-refractivity contribution in [1.82, 2.24) is 25.2 Å². The van der Waals surface area contributed by atoms with Gasteiger partial charge < -0.3 is 9.47 Å². The van der Waals surface area contributed by atoms with Gasteiger partial charge in [-0.1, -0.05) is 5.21 Å². The molecule has 0 amide bonds.